The molecule has 2 aromatic heterocycles. The van der Waals surface area contributed by atoms with Gasteiger partial charge >= 0.3 is 0 Å². The van der Waals surface area contributed by atoms with E-state index < -0.39 is 0 Å². The molecule has 0 aliphatic heterocycles. The fraction of sp³-hybridized carbons (Fsp3) is 0.143. The average Bonchev–Trinajstić information content (AvgIpc) is 3.92. The van der Waals surface area contributed by atoms with Crippen LogP contribution in [0.1, 0.15) is 37.2 Å². The minimum Gasteiger partial charge on any atom is -0.208 e. The molecule has 0 radical (unpaired) electrons. The Bertz CT molecular complexity index is 2530. The zero-order valence-corrected chi connectivity index (χ0v) is 30.3. The first kappa shape index (κ1) is 32.9. The van der Waals surface area contributed by atoms with Gasteiger partial charge < -0.3 is 0 Å². The Hall–Kier alpha value is -6.66. The molecule has 2 bridgehead atoms. The predicted molar refractivity (Wildman–Crippen MR) is 219 cm³/mol. The lowest BCUT2D eigenvalue weighted by Gasteiger charge is -2.22. The molecule has 2 saturated carbocycles. The molecule has 2 aliphatic rings. The molecule has 0 saturated heterocycles. The summed E-state index contributed by atoms with van der Waals surface area (Å²) < 4.78 is 0. The fourth-order valence-electron chi connectivity index (χ4n) is 8.47. The highest BCUT2D eigenvalue weighted by atomic mass is 15.0. The number of hydrogen-bond donors (Lipinski definition) is 0. The van der Waals surface area contributed by atoms with Crippen molar-refractivity contribution in [2.45, 2.75) is 31.6 Å². The van der Waals surface area contributed by atoms with Gasteiger partial charge in [0.05, 0.1) is 0 Å². The van der Waals surface area contributed by atoms with E-state index >= 15 is 0 Å². The van der Waals surface area contributed by atoms with Crippen molar-refractivity contribution >= 4 is 0 Å². The average molecular weight is 711 g/mol. The van der Waals surface area contributed by atoms with E-state index in [0.29, 0.717) is 40.9 Å². The minimum atomic E-state index is 0.635. The molecule has 0 spiro atoms. The van der Waals surface area contributed by atoms with Gasteiger partial charge in [-0.25, -0.2) is 29.9 Å². The van der Waals surface area contributed by atoms with Crippen LogP contribution in [0.15, 0.2) is 164 Å². The molecule has 2 fully saturated rings. The summed E-state index contributed by atoms with van der Waals surface area (Å²) >= 11 is 0. The highest BCUT2D eigenvalue weighted by Crippen LogP contribution is 2.53. The van der Waals surface area contributed by atoms with E-state index in [2.05, 4.69) is 84.9 Å². The number of fused-ring (bicyclic) bond motifs is 2. The van der Waals surface area contributed by atoms with Crippen molar-refractivity contribution < 1.29 is 0 Å². The Morgan fingerprint density at radius 1 is 0.309 bits per heavy atom. The van der Waals surface area contributed by atoms with Crippen molar-refractivity contribution in [1.29, 1.82) is 0 Å². The largest absolute Gasteiger partial charge is 0.208 e. The predicted octanol–water partition coefficient (Wildman–Crippen LogP) is 11.6. The number of aromatic nitrogens is 6. The molecule has 0 amide bonds. The lowest BCUT2D eigenvalue weighted by atomic mass is 9.83. The summed E-state index contributed by atoms with van der Waals surface area (Å²) in [6, 6.07) is 56.1. The molecule has 6 aromatic carbocycles. The molecule has 10 rings (SSSR count). The van der Waals surface area contributed by atoms with Crippen LogP contribution in [0.2, 0.25) is 0 Å². The molecule has 3 unspecified atom stereocenters. The quantitative estimate of drug-likeness (QED) is 0.156. The van der Waals surface area contributed by atoms with Crippen molar-refractivity contribution in [3.05, 3.63) is 169 Å². The highest BCUT2D eigenvalue weighted by Gasteiger charge is 2.40. The maximum atomic E-state index is 5.08. The van der Waals surface area contributed by atoms with Gasteiger partial charge in [-0.15, -0.1) is 0 Å². The van der Waals surface area contributed by atoms with Gasteiger partial charge in [-0.1, -0.05) is 164 Å². The molecule has 2 aliphatic carbocycles. The maximum Gasteiger partial charge on any atom is 0.164 e. The zero-order chi connectivity index (χ0) is 36.6. The molecule has 8 aromatic rings. The maximum absolute atomic E-state index is 5.08. The van der Waals surface area contributed by atoms with E-state index in [1.54, 1.807) is 0 Å². The van der Waals surface area contributed by atoms with Crippen LogP contribution < -0.4 is 0 Å². The number of hydrogen-bond acceptors (Lipinski definition) is 6. The monoisotopic (exact) mass is 710 g/mol. The minimum absolute atomic E-state index is 0.635. The zero-order valence-electron chi connectivity index (χ0n) is 30.3. The summed E-state index contributed by atoms with van der Waals surface area (Å²) in [5.41, 5.74) is 9.39. The van der Waals surface area contributed by atoms with E-state index in [-0.39, 0.29) is 0 Å². The SMILES string of the molecule is c1ccc(-c2nc(-c3ccccc3)nc(-c3ccc(-c4ccc(-c5nc(-c6ccccc6)nc(-c6cccc(C7CC8CCC7C8)c6)n5)cc4)cc3)n2)cc1. The van der Waals surface area contributed by atoms with Crippen LogP contribution in [0.25, 0.3) is 79.5 Å². The number of benzene rings is 6. The van der Waals surface area contributed by atoms with E-state index in [4.69, 9.17) is 29.9 Å². The third-order valence-electron chi connectivity index (χ3n) is 11.3. The Kier molecular flexibility index (Phi) is 8.56. The van der Waals surface area contributed by atoms with Crippen LogP contribution in [0.3, 0.4) is 0 Å². The van der Waals surface area contributed by atoms with Gasteiger partial charge in [0, 0.05) is 33.4 Å². The first-order valence-electron chi connectivity index (χ1n) is 19.2. The summed E-state index contributed by atoms with van der Waals surface area (Å²) in [7, 11) is 0. The Labute approximate surface area is 321 Å². The smallest absolute Gasteiger partial charge is 0.164 e. The van der Waals surface area contributed by atoms with Crippen LogP contribution in [-0.4, -0.2) is 29.9 Å². The second kappa shape index (κ2) is 14.3. The summed E-state index contributed by atoms with van der Waals surface area (Å²) in [5, 5.41) is 0. The summed E-state index contributed by atoms with van der Waals surface area (Å²) in [6.07, 6.45) is 5.45. The lowest BCUT2D eigenvalue weighted by Crippen LogP contribution is -2.08. The Morgan fingerprint density at radius 3 is 1.05 bits per heavy atom. The van der Waals surface area contributed by atoms with Gasteiger partial charge in [0.15, 0.2) is 34.9 Å². The van der Waals surface area contributed by atoms with Gasteiger partial charge in [0.1, 0.15) is 0 Å². The molecule has 264 valence electrons. The Balaban J connectivity index is 0.959. The first-order chi connectivity index (χ1) is 27.2. The molecular formula is C49H38N6. The van der Waals surface area contributed by atoms with Crippen molar-refractivity contribution in [1.82, 2.24) is 29.9 Å². The van der Waals surface area contributed by atoms with Crippen molar-refractivity contribution in [3.8, 4) is 79.5 Å². The molecule has 2 heterocycles. The summed E-state index contributed by atoms with van der Waals surface area (Å²) in [4.78, 5) is 29.7. The molecule has 6 nitrogen and oxygen atoms in total. The highest BCUT2D eigenvalue weighted by molar-refractivity contribution is 5.73. The van der Waals surface area contributed by atoms with Crippen LogP contribution in [0.4, 0.5) is 0 Å². The van der Waals surface area contributed by atoms with Gasteiger partial charge in [0.25, 0.3) is 0 Å². The summed E-state index contributed by atoms with van der Waals surface area (Å²) in [6.45, 7) is 0. The molecule has 0 N–H and O–H groups in total. The first-order valence-corrected chi connectivity index (χ1v) is 19.2. The van der Waals surface area contributed by atoms with E-state index in [1.807, 2.05) is 78.9 Å². The van der Waals surface area contributed by atoms with Crippen molar-refractivity contribution in [3.63, 3.8) is 0 Å². The third kappa shape index (κ3) is 6.72. The Morgan fingerprint density at radius 2 is 0.673 bits per heavy atom. The van der Waals surface area contributed by atoms with Crippen LogP contribution >= 0.6 is 0 Å². The fourth-order valence-corrected chi connectivity index (χ4v) is 8.47. The van der Waals surface area contributed by atoms with Crippen LogP contribution in [0.5, 0.6) is 0 Å². The molecular weight excluding hydrogens is 673 g/mol. The van der Waals surface area contributed by atoms with Crippen LogP contribution in [0, 0.1) is 11.8 Å². The van der Waals surface area contributed by atoms with Crippen molar-refractivity contribution in [2.24, 2.45) is 11.8 Å². The van der Waals surface area contributed by atoms with E-state index in [9.17, 15) is 0 Å². The second-order valence-electron chi connectivity index (χ2n) is 14.8. The number of rotatable bonds is 8. The summed E-state index contributed by atoms with van der Waals surface area (Å²) in [5.74, 6) is 6.32. The molecule has 6 heteroatoms. The topological polar surface area (TPSA) is 77.3 Å². The second-order valence-corrected chi connectivity index (χ2v) is 14.8. The standard InChI is InChI=1S/C49H38N6/c1-4-11-35(12-5-1)44-50-45(36-13-6-2-7-14-36)52-47(51-44)38-25-21-33(22-26-38)34-23-27-39(28-24-34)48-53-46(37-15-8-3-9-16-37)54-49(55-48)42-18-10-17-40(31-42)43-30-32-19-20-41(43)29-32/h1-18,21-28,31-32,41,43H,19-20,29-30H2. The molecule has 3 atom stereocenters. The van der Waals surface area contributed by atoms with Gasteiger partial charge in [-0.3, -0.25) is 0 Å². The van der Waals surface area contributed by atoms with Crippen molar-refractivity contribution in [2.75, 3.05) is 0 Å². The lowest BCUT2D eigenvalue weighted by molar-refractivity contribution is 0.420. The number of nitrogens with zero attached hydrogens (tertiary/aromatic N) is 6. The van der Waals surface area contributed by atoms with E-state index in [0.717, 1.165) is 56.3 Å². The van der Waals surface area contributed by atoms with Gasteiger partial charge in [-0.2, -0.15) is 0 Å². The normalized spacial score (nSPS) is 17.3. The van der Waals surface area contributed by atoms with Crippen LogP contribution in [-0.2, 0) is 0 Å². The van der Waals surface area contributed by atoms with E-state index in [1.165, 1.54) is 31.2 Å². The third-order valence-corrected chi connectivity index (χ3v) is 11.3. The van der Waals surface area contributed by atoms with Gasteiger partial charge in [-0.05, 0) is 59.8 Å². The molecule has 55 heavy (non-hydrogen) atoms. The van der Waals surface area contributed by atoms with Gasteiger partial charge in [0.2, 0.25) is 0 Å².